The van der Waals surface area contributed by atoms with E-state index in [1.807, 2.05) is 30.3 Å². The lowest BCUT2D eigenvalue weighted by atomic mass is 10.0. The lowest BCUT2D eigenvalue weighted by Gasteiger charge is -2.14. The van der Waals surface area contributed by atoms with Gasteiger partial charge in [0.1, 0.15) is 11.9 Å². The summed E-state index contributed by atoms with van der Waals surface area (Å²) in [6.07, 6.45) is 2.74. The molecular formula is C17H18O3. The summed E-state index contributed by atoms with van der Waals surface area (Å²) in [6.45, 7) is 1.56. The van der Waals surface area contributed by atoms with Gasteiger partial charge in [0, 0.05) is 25.2 Å². The number of carbonyl (C=O) groups is 1. The molecule has 1 atom stereocenters. The third-order valence-electron chi connectivity index (χ3n) is 3.90. The summed E-state index contributed by atoms with van der Waals surface area (Å²) in [5, 5.41) is 0. The SMILES string of the molecule is COC(c1ccccc1)c1oc(C(C)=O)c2c1CCC2. The number of rotatable bonds is 4. The van der Waals surface area contributed by atoms with Crippen LogP contribution in [0.25, 0.3) is 0 Å². The Kier molecular flexibility index (Phi) is 3.45. The zero-order chi connectivity index (χ0) is 14.1. The molecule has 1 aromatic carbocycles. The average Bonchev–Trinajstić information content (AvgIpc) is 3.04. The van der Waals surface area contributed by atoms with Crippen molar-refractivity contribution in [1.82, 2.24) is 0 Å². The monoisotopic (exact) mass is 270 g/mol. The van der Waals surface area contributed by atoms with Crippen molar-refractivity contribution in [2.45, 2.75) is 32.3 Å². The van der Waals surface area contributed by atoms with E-state index < -0.39 is 0 Å². The summed E-state index contributed by atoms with van der Waals surface area (Å²) in [4.78, 5) is 11.7. The first-order chi connectivity index (χ1) is 9.72. The zero-order valence-corrected chi connectivity index (χ0v) is 11.8. The summed E-state index contributed by atoms with van der Waals surface area (Å²) in [5.41, 5.74) is 3.31. The van der Waals surface area contributed by atoms with Gasteiger partial charge >= 0.3 is 0 Å². The predicted octanol–water partition coefficient (Wildman–Crippen LogP) is 3.71. The van der Waals surface area contributed by atoms with Gasteiger partial charge in [-0.15, -0.1) is 0 Å². The van der Waals surface area contributed by atoms with Crippen LogP contribution in [0.2, 0.25) is 0 Å². The van der Waals surface area contributed by atoms with Crippen LogP contribution in [0.4, 0.5) is 0 Å². The van der Waals surface area contributed by atoms with Crippen molar-refractivity contribution >= 4 is 5.78 Å². The molecule has 1 aliphatic rings. The Hall–Kier alpha value is -1.87. The van der Waals surface area contributed by atoms with Gasteiger partial charge in [-0.25, -0.2) is 0 Å². The van der Waals surface area contributed by atoms with Crippen LogP contribution < -0.4 is 0 Å². The number of hydrogen-bond donors (Lipinski definition) is 0. The second-order valence-corrected chi connectivity index (χ2v) is 5.19. The van der Waals surface area contributed by atoms with Crippen LogP contribution in [0.5, 0.6) is 0 Å². The minimum absolute atomic E-state index is 0.00249. The quantitative estimate of drug-likeness (QED) is 0.795. The number of hydrogen-bond acceptors (Lipinski definition) is 3. The summed E-state index contributed by atoms with van der Waals surface area (Å²) in [5.74, 6) is 1.32. The molecule has 1 unspecified atom stereocenters. The topological polar surface area (TPSA) is 39.4 Å². The number of ketones is 1. The number of furan rings is 1. The fourth-order valence-corrected chi connectivity index (χ4v) is 3.02. The Morgan fingerprint density at radius 2 is 1.90 bits per heavy atom. The van der Waals surface area contributed by atoms with Crippen LogP contribution >= 0.6 is 0 Å². The lowest BCUT2D eigenvalue weighted by molar-refractivity contribution is 0.0953. The minimum atomic E-state index is -0.240. The first-order valence-corrected chi connectivity index (χ1v) is 6.95. The van der Waals surface area contributed by atoms with Crippen molar-refractivity contribution in [2.75, 3.05) is 7.11 Å². The van der Waals surface area contributed by atoms with Crippen LogP contribution in [0.15, 0.2) is 34.7 Å². The molecule has 0 amide bonds. The van der Waals surface area contributed by atoms with E-state index in [0.29, 0.717) is 5.76 Å². The molecule has 0 spiro atoms. The molecular weight excluding hydrogens is 252 g/mol. The maximum atomic E-state index is 11.7. The van der Waals surface area contributed by atoms with Crippen molar-refractivity contribution in [3.63, 3.8) is 0 Å². The molecule has 20 heavy (non-hydrogen) atoms. The molecule has 0 radical (unpaired) electrons. The van der Waals surface area contributed by atoms with E-state index in [0.717, 1.165) is 36.1 Å². The summed E-state index contributed by atoms with van der Waals surface area (Å²) < 4.78 is 11.5. The number of benzene rings is 1. The number of ether oxygens (including phenoxy) is 1. The number of Topliss-reactive ketones (excluding diaryl/α,β-unsaturated/α-hetero) is 1. The number of fused-ring (bicyclic) bond motifs is 1. The van der Waals surface area contributed by atoms with Gasteiger partial charge in [0.2, 0.25) is 0 Å². The molecule has 0 N–H and O–H groups in total. The van der Waals surface area contributed by atoms with E-state index in [1.165, 1.54) is 5.56 Å². The Morgan fingerprint density at radius 1 is 1.20 bits per heavy atom. The van der Waals surface area contributed by atoms with Gasteiger partial charge in [0.25, 0.3) is 0 Å². The summed E-state index contributed by atoms with van der Waals surface area (Å²) in [6, 6.07) is 9.98. The van der Waals surface area contributed by atoms with E-state index >= 15 is 0 Å². The molecule has 3 rings (SSSR count). The normalized spacial score (nSPS) is 15.1. The average molecular weight is 270 g/mol. The summed E-state index contributed by atoms with van der Waals surface area (Å²) in [7, 11) is 1.68. The highest BCUT2D eigenvalue weighted by molar-refractivity contribution is 5.93. The number of carbonyl (C=O) groups excluding carboxylic acids is 1. The lowest BCUT2D eigenvalue weighted by Crippen LogP contribution is -2.04. The van der Waals surface area contributed by atoms with E-state index in [2.05, 4.69) is 0 Å². The smallest absolute Gasteiger partial charge is 0.195 e. The second kappa shape index (κ2) is 5.25. The fraction of sp³-hybridized carbons (Fsp3) is 0.353. The van der Waals surface area contributed by atoms with E-state index in [-0.39, 0.29) is 11.9 Å². The molecule has 3 nitrogen and oxygen atoms in total. The van der Waals surface area contributed by atoms with Gasteiger partial charge in [-0.3, -0.25) is 4.79 Å². The van der Waals surface area contributed by atoms with Gasteiger partial charge in [-0.2, -0.15) is 0 Å². The third-order valence-corrected chi connectivity index (χ3v) is 3.90. The van der Waals surface area contributed by atoms with Crippen LogP contribution in [0, 0.1) is 0 Å². The van der Waals surface area contributed by atoms with Gasteiger partial charge in [-0.1, -0.05) is 30.3 Å². The first-order valence-electron chi connectivity index (χ1n) is 6.95. The molecule has 2 aromatic rings. The molecule has 0 aliphatic heterocycles. The number of methoxy groups -OCH3 is 1. The molecule has 104 valence electrons. The molecule has 0 fully saturated rings. The van der Waals surface area contributed by atoms with Crippen molar-refractivity contribution in [2.24, 2.45) is 0 Å². The summed E-state index contributed by atoms with van der Waals surface area (Å²) >= 11 is 0. The molecule has 1 aliphatic carbocycles. The van der Waals surface area contributed by atoms with Crippen LogP contribution in [-0.4, -0.2) is 12.9 Å². The molecule has 3 heteroatoms. The highest BCUT2D eigenvalue weighted by atomic mass is 16.5. The first kappa shape index (κ1) is 13.1. The Bertz CT molecular complexity index is 625. The van der Waals surface area contributed by atoms with Crippen molar-refractivity contribution in [3.8, 4) is 0 Å². The highest BCUT2D eigenvalue weighted by Crippen LogP contribution is 2.38. The molecule has 1 heterocycles. The van der Waals surface area contributed by atoms with Crippen molar-refractivity contribution in [1.29, 1.82) is 0 Å². The standard InChI is InChI=1S/C17H18O3/c1-11(18)15-13-9-6-10-14(13)17(20-15)16(19-2)12-7-4-3-5-8-12/h3-5,7-8,16H,6,9-10H2,1-2H3. The largest absolute Gasteiger partial charge is 0.454 e. The zero-order valence-electron chi connectivity index (χ0n) is 11.8. The maximum Gasteiger partial charge on any atom is 0.195 e. The minimum Gasteiger partial charge on any atom is -0.454 e. The molecule has 0 saturated carbocycles. The van der Waals surface area contributed by atoms with E-state index in [4.69, 9.17) is 9.15 Å². The Balaban J connectivity index is 2.09. The van der Waals surface area contributed by atoms with E-state index in [1.54, 1.807) is 14.0 Å². The fourth-order valence-electron chi connectivity index (χ4n) is 3.02. The third kappa shape index (κ3) is 2.08. The predicted molar refractivity (Wildman–Crippen MR) is 76.0 cm³/mol. The van der Waals surface area contributed by atoms with Gasteiger partial charge < -0.3 is 9.15 Å². The second-order valence-electron chi connectivity index (χ2n) is 5.19. The Morgan fingerprint density at radius 3 is 2.55 bits per heavy atom. The molecule has 1 aromatic heterocycles. The van der Waals surface area contributed by atoms with Gasteiger partial charge in [0.15, 0.2) is 11.5 Å². The highest BCUT2D eigenvalue weighted by Gasteiger charge is 2.30. The Labute approximate surface area is 118 Å². The maximum absolute atomic E-state index is 11.7. The van der Waals surface area contributed by atoms with Crippen LogP contribution in [0.3, 0.4) is 0 Å². The van der Waals surface area contributed by atoms with Crippen molar-refractivity contribution in [3.05, 3.63) is 58.5 Å². The van der Waals surface area contributed by atoms with Gasteiger partial charge in [0.05, 0.1) is 0 Å². The molecule has 0 saturated heterocycles. The van der Waals surface area contributed by atoms with Crippen molar-refractivity contribution < 1.29 is 13.9 Å². The van der Waals surface area contributed by atoms with Crippen LogP contribution in [-0.2, 0) is 17.6 Å². The molecule has 0 bridgehead atoms. The van der Waals surface area contributed by atoms with E-state index in [9.17, 15) is 4.79 Å². The van der Waals surface area contributed by atoms with Crippen LogP contribution in [0.1, 0.15) is 52.5 Å². The van der Waals surface area contributed by atoms with Gasteiger partial charge in [-0.05, 0) is 24.8 Å².